The topological polar surface area (TPSA) is 44.0 Å². The molecule has 25 heavy (non-hydrogen) atoms. The molecule has 0 bridgehead atoms. The average molecular weight is 348 g/mol. The molecule has 2 heterocycles. The summed E-state index contributed by atoms with van der Waals surface area (Å²) in [5.41, 5.74) is 1.77. The number of nitrogens with zero attached hydrogens (tertiary/aromatic N) is 2. The lowest BCUT2D eigenvalue weighted by atomic mass is 10.1. The number of rotatable bonds is 7. The van der Waals surface area contributed by atoms with Crippen LogP contribution in [0.3, 0.4) is 0 Å². The zero-order valence-electron chi connectivity index (χ0n) is 14.7. The third-order valence-corrected chi connectivity index (χ3v) is 4.64. The molecule has 0 radical (unpaired) electrons. The van der Waals surface area contributed by atoms with Crippen LogP contribution in [0.4, 0.5) is 14.5 Å². The van der Waals surface area contributed by atoms with Crippen molar-refractivity contribution >= 4 is 5.69 Å². The predicted octanol–water partition coefficient (Wildman–Crippen LogP) is 4.11. The van der Waals surface area contributed by atoms with Crippen LogP contribution in [0.1, 0.15) is 44.1 Å². The number of aromatic amines is 1. The van der Waals surface area contributed by atoms with Gasteiger partial charge in [0, 0.05) is 49.2 Å². The maximum Gasteiger partial charge on any atom is 0.160 e. The maximum atomic E-state index is 13.4. The van der Waals surface area contributed by atoms with Crippen molar-refractivity contribution in [2.45, 2.75) is 51.6 Å². The zero-order valence-corrected chi connectivity index (χ0v) is 14.7. The van der Waals surface area contributed by atoms with Gasteiger partial charge in [0.25, 0.3) is 0 Å². The van der Waals surface area contributed by atoms with Gasteiger partial charge in [-0.3, -0.25) is 4.90 Å². The van der Waals surface area contributed by atoms with Crippen LogP contribution >= 0.6 is 0 Å². The summed E-state index contributed by atoms with van der Waals surface area (Å²) in [5, 5.41) is 3.32. The Balaban J connectivity index is 1.53. The Morgan fingerprint density at radius 1 is 1.32 bits per heavy atom. The SMILES string of the molecule is CCCCc1ncc(CN2CCC[C@H](Nc3ccc(F)c(F)c3)C2)[nH]1. The smallest absolute Gasteiger partial charge is 0.160 e. The molecule has 0 amide bonds. The highest BCUT2D eigenvalue weighted by Gasteiger charge is 2.20. The largest absolute Gasteiger partial charge is 0.381 e. The molecule has 0 unspecified atom stereocenters. The molecule has 1 atom stereocenters. The highest BCUT2D eigenvalue weighted by atomic mass is 19.2. The molecule has 3 rings (SSSR count). The van der Waals surface area contributed by atoms with Crippen molar-refractivity contribution in [1.29, 1.82) is 0 Å². The lowest BCUT2D eigenvalue weighted by Crippen LogP contribution is -2.41. The summed E-state index contributed by atoms with van der Waals surface area (Å²) in [7, 11) is 0. The number of halogens is 2. The molecule has 0 saturated carbocycles. The first kappa shape index (κ1) is 17.9. The van der Waals surface area contributed by atoms with Crippen LogP contribution in [0.2, 0.25) is 0 Å². The fraction of sp³-hybridized carbons (Fsp3) is 0.526. The van der Waals surface area contributed by atoms with Crippen molar-refractivity contribution in [3.05, 3.63) is 47.5 Å². The van der Waals surface area contributed by atoms with Gasteiger partial charge in [-0.05, 0) is 37.9 Å². The van der Waals surface area contributed by atoms with E-state index in [0.29, 0.717) is 5.69 Å². The minimum Gasteiger partial charge on any atom is -0.381 e. The number of unbranched alkanes of at least 4 members (excludes halogenated alkanes) is 1. The Labute approximate surface area is 147 Å². The van der Waals surface area contributed by atoms with Crippen LogP contribution in [0, 0.1) is 11.6 Å². The van der Waals surface area contributed by atoms with Crippen molar-refractivity contribution < 1.29 is 8.78 Å². The zero-order chi connectivity index (χ0) is 17.6. The standard InChI is InChI=1S/C19H26F2N4/c1-2-3-6-19-22-11-16(24-19)13-25-9-4-5-15(12-25)23-14-7-8-17(20)18(21)10-14/h7-8,10-11,15,23H,2-6,9,12-13H2,1H3,(H,22,24)/t15-/m0/s1. The van der Waals surface area contributed by atoms with Gasteiger partial charge < -0.3 is 10.3 Å². The molecule has 1 aromatic heterocycles. The van der Waals surface area contributed by atoms with Gasteiger partial charge in [-0.15, -0.1) is 0 Å². The number of hydrogen-bond acceptors (Lipinski definition) is 3. The average Bonchev–Trinajstić information content (AvgIpc) is 3.04. The fourth-order valence-electron chi connectivity index (χ4n) is 3.34. The van der Waals surface area contributed by atoms with E-state index in [1.165, 1.54) is 18.6 Å². The maximum absolute atomic E-state index is 13.4. The lowest BCUT2D eigenvalue weighted by Gasteiger charge is -2.33. The number of imidazole rings is 1. The van der Waals surface area contributed by atoms with Gasteiger partial charge in [0.2, 0.25) is 0 Å². The van der Waals surface area contributed by atoms with Gasteiger partial charge >= 0.3 is 0 Å². The van der Waals surface area contributed by atoms with Gasteiger partial charge in [-0.25, -0.2) is 13.8 Å². The number of benzene rings is 1. The number of piperidine rings is 1. The Bertz CT molecular complexity index is 686. The molecule has 0 aliphatic carbocycles. The van der Waals surface area contributed by atoms with Gasteiger partial charge in [-0.2, -0.15) is 0 Å². The quantitative estimate of drug-likeness (QED) is 0.791. The monoisotopic (exact) mass is 348 g/mol. The van der Waals surface area contributed by atoms with E-state index in [4.69, 9.17) is 0 Å². The Kier molecular flexibility index (Phi) is 6.02. The second-order valence-corrected chi connectivity index (χ2v) is 6.81. The molecule has 1 saturated heterocycles. The molecule has 136 valence electrons. The Morgan fingerprint density at radius 3 is 3.00 bits per heavy atom. The van der Waals surface area contributed by atoms with Gasteiger partial charge in [0.05, 0.1) is 0 Å². The molecular weight excluding hydrogens is 322 g/mol. The molecule has 1 aliphatic rings. The molecule has 4 nitrogen and oxygen atoms in total. The molecule has 1 fully saturated rings. The molecule has 2 N–H and O–H groups in total. The number of aryl methyl sites for hydroxylation is 1. The fourth-order valence-corrected chi connectivity index (χ4v) is 3.34. The second kappa shape index (κ2) is 8.43. The van der Waals surface area contributed by atoms with Crippen LogP contribution < -0.4 is 5.32 Å². The van der Waals surface area contributed by atoms with E-state index in [1.807, 2.05) is 6.20 Å². The van der Waals surface area contributed by atoms with Crippen LogP contribution in [0.15, 0.2) is 24.4 Å². The minimum atomic E-state index is -0.811. The predicted molar refractivity (Wildman–Crippen MR) is 95.5 cm³/mol. The summed E-state index contributed by atoms with van der Waals surface area (Å²) in [6, 6.07) is 4.22. The van der Waals surface area contributed by atoms with Crippen LogP contribution in [-0.4, -0.2) is 34.0 Å². The summed E-state index contributed by atoms with van der Waals surface area (Å²) in [6.45, 7) is 4.94. The third kappa shape index (κ3) is 5.01. The molecule has 1 aliphatic heterocycles. The normalized spacial score (nSPS) is 18.4. The number of aromatic nitrogens is 2. The van der Waals surface area contributed by atoms with E-state index in [0.717, 1.165) is 56.8 Å². The van der Waals surface area contributed by atoms with Crippen LogP contribution in [-0.2, 0) is 13.0 Å². The Hall–Kier alpha value is -1.95. The van der Waals surface area contributed by atoms with Gasteiger partial charge in [0.15, 0.2) is 11.6 Å². The van der Waals surface area contributed by atoms with Gasteiger partial charge in [-0.1, -0.05) is 13.3 Å². The van der Waals surface area contributed by atoms with Crippen molar-refractivity contribution in [2.24, 2.45) is 0 Å². The first-order chi connectivity index (χ1) is 12.1. The van der Waals surface area contributed by atoms with E-state index in [2.05, 4.69) is 27.1 Å². The van der Waals surface area contributed by atoms with Gasteiger partial charge in [0.1, 0.15) is 5.82 Å². The summed E-state index contributed by atoms with van der Waals surface area (Å²) < 4.78 is 26.4. The van der Waals surface area contributed by atoms with Crippen LogP contribution in [0.5, 0.6) is 0 Å². The highest BCUT2D eigenvalue weighted by Crippen LogP contribution is 2.19. The lowest BCUT2D eigenvalue weighted by molar-refractivity contribution is 0.206. The molecule has 1 aromatic carbocycles. The first-order valence-corrected chi connectivity index (χ1v) is 9.10. The summed E-state index contributed by atoms with van der Waals surface area (Å²) >= 11 is 0. The van der Waals surface area contributed by atoms with Crippen molar-refractivity contribution in [1.82, 2.24) is 14.9 Å². The van der Waals surface area contributed by atoms with Crippen molar-refractivity contribution in [3.8, 4) is 0 Å². The van der Waals surface area contributed by atoms with E-state index in [-0.39, 0.29) is 6.04 Å². The molecule has 0 spiro atoms. The molecular formula is C19H26F2N4. The molecule has 2 aromatic rings. The van der Waals surface area contributed by atoms with E-state index in [9.17, 15) is 8.78 Å². The highest BCUT2D eigenvalue weighted by molar-refractivity contribution is 5.44. The summed E-state index contributed by atoms with van der Waals surface area (Å²) in [4.78, 5) is 10.2. The minimum absolute atomic E-state index is 0.237. The summed E-state index contributed by atoms with van der Waals surface area (Å²) in [5.74, 6) is -0.561. The van der Waals surface area contributed by atoms with E-state index in [1.54, 1.807) is 6.07 Å². The summed E-state index contributed by atoms with van der Waals surface area (Å²) in [6.07, 6.45) is 7.35. The van der Waals surface area contributed by atoms with E-state index < -0.39 is 11.6 Å². The third-order valence-electron chi connectivity index (χ3n) is 4.64. The first-order valence-electron chi connectivity index (χ1n) is 9.10. The number of anilines is 1. The number of H-pyrrole nitrogens is 1. The van der Waals surface area contributed by atoms with E-state index >= 15 is 0 Å². The number of hydrogen-bond donors (Lipinski definition) is 2. The Morgan fingerprint density at radius 2 is 2.20 bits per heavy atom. The van der Waals surface area contributed by atoms with Crippen molar-refractivity contribution in [3.63, 3.8) is 0 Å². The number of nitrogens with one attached hydrogen (secondary N) is 2. The molecule has 6 heteroatoms. The van der Waals surface area contributed by atoms with Crippen LogP contribution in [0.25, 0.3) is 0 Å². The second-order valence-electron chi connectivity index (χ2n) is 6.81. The number of likely N-dealkylation sites (tertiary alicyclic amines) is 1. The van der Waals surface area contributed by atoms with Crippen molar-refractivity contribution in [2.75, 3.05) is 18.4 Å².